The molecule has 1 unspecified atom stereocenters. The second-order valence-electron chi connectivity index (χ2n) is 4.87. The molecular formula is C11H19N2+. The maximum absolute atomic E-state index is 9.08. The van der Waals surface area contributed by atoms with E-state index in [1.165, 1.54) is 43.3 Å². The van der Waals surface area contributed by atoms with E-state index >= 15 is 0 Å². The number of rotatable bonds is 0. The van der Waals surface area contributed by atoms with E-state index in [9.17, 15) is 0 Å². The Hall–Kier alpha value is -0.550. The van der Waals surface area contributed by atoms with Gasteiger partial charge in [0.25, 0.3) is 0 Å². The first-order chi connectivity index (χ1) is 6.26. The van der Waals surface area contributed by atoms with Gasteiger partial charge in [0, 0.05) is 6.42 Å². The van der Waals surface area contributed by atoms with E-state index in [1.54, 1.807) is 0 Å². The van der Waals surface area contributed by atoms with Crippen LogP contribution in [0.3, 0.4) is 0 Å². The molecule has 2 heteroatoms. The standard InChI is InChI=1S/C11H19N2/c1-13-7-3-2-6-11(13)10(9-12)5-4-8-13/h10-11H,2-8H2,1H3/q+1/t10-,11-,13?/m0/s1. The summed E-state index contributed by atoms with van der Waals surface area (Å²) in [6.07, 6.45) is 6.40. The Bertz CT molecular complexity index is 227. The fourth-order valence-corrected chi connectivity index (χ4v) is 3.23. The number of hydrogen-bond donors (Lipinski definition) is 0. The van der Waals surface area contributed by atoms with Crippen LogP contribution in [0, 0.1) is 17.2 Å². The number of nitriles is 1. The highest BCUT2D eigenvalue weighted by molar-refractivity contribution is 4.92. The topological polar surface area (TPSA) is 23.8 Å². The van der Waals surface area contributed by atoms with Crippen LogP contribution in [-0.2, 0) is 0 Å². The number of fused-ring (bicyclic) bond motifs is 1. The van der Waals surface area contributed by atoms with Crippen molar-refractivity contribution in [3.05, 3.63) is 0 Å². The van der Waals surface area contributed by atoms with Crippen LogP contribution in [0.4, 0.5) is 0 Å². The Morgan fingerprint density at radius 2 is 1.92 bits per heavy atom. The van der Waals surface area contributed by atoms with Gasteiger partial charge in [-0.2, -0.15) is 5.26 Å². The summed E-state index contributed by atoms with van der Waals surface area (Å²) in [6, 6.07) is 3.17. The molecule has 2 aliphatic heterocycles. The molecule has 2 rings (SSSR count). The lowest BCUT2D eigenvalue weighted by molar-refractivity contribution is -0.945. The minimum absolute atomic E-state index is 0.346. The third-order valence-electron chi connectivity index (χ3n) is 4.03. The summed E-state index contributed by atoms with van der Waals surface area (Å²) in [4.78, 5) is 0. The molecule has 13 heavy (non-hydrogen) atoms. The van der Waals surface area contributed by atoms with Crippen molar-refractivity contribution in [1.29, 1.82) is 5.26 Å². The first kappa shape index (κ1) is 9.02. The highest BCUT2D eigenvalue weighted by Gasteiger charge is 2.43. The monoisotopic (exact) mass is 179 g/mol. The summed E-state index contributed by atoms with van der Waals surface area (Å²) in [5.41, 5.74) is 0. The average Bonchev–Trinajstić information content (AvgIpc) is 2.15. The molecule has 2 fully saturated rings. The van der Waals surface area contributed by atoms with Gasteiger partial charge in [-0.05, 0) is 25.7 Å². The molecule has 2 saturated heterocycles. The van der Waals surface area contributed by atoms with Crippen molar-refractivity contribution in [3.63, 3.8) is 0 Å². The molecule has 0 aromatic heterocycles. The van der Waals surface area contributed by atoms with E-state index in [1.807, 2.05) is 0 Å². The smallest absolute Gasteiger partial charge is 0.105 e. The van der Waals surface area contributed by atoms with Gasteiger partial charge in [-0.1, -0.05) is 0 Å². The van der Waals surface area contributed by atoms with Gasteiger partial charge in [0.15, 0.2) is 0 Å². The SMILES string of the molecule is C[N+]12CCCC[C@H]1[C@H](C#N)CCC2. The molecule has 0 saturated carbocycles. The molecule has 0 aliphatic carbocycles. The van der Waals surface area contributed by atoms with E-state index in [0.717, 1.165) is 6.42 Å². The maximum atomic E-state index is 9.08. The molecule has 0 bridgehead atoms. The Balaban J connectivity index is 2.17. The molecule has 2 nitrogen and oxygen atoms in total. The predicted molar refractivity (Wildman–Crippen MR) is 51.9 cm³/mol. The van der Waals surface area contributed by atoms with Crippen LogP contribution in [-0.4, -0.2) is 30.7 Å². The number of nitrogens with zero attached hydrogens (tertiary/aromatic N) is 2. The van der Waals surface area contributed by atoms with E-state index in [4.69, 9.17) is 5.26 Å². The van der Waals surface area contributed by atoms with Crippen molar-refractivity contribution in [2.75, 3.05) is 20.1 Å². The maximum Gasteiger partial charge on any atom is 0.105 e. The third kappa shape index (κ3) is 1.46. The molecule has 0 N–H and O–H groups in total. The highest BCUT2D eigenvalue weighted by atomic mass is 15.4. The molecule has 0 amide bonds. The molecule has 2 aliphatic rings. The van der Waals surface area contributed by atoms with E-state index in [2.05, 4.69) is 13.1 Å². The Kier molecular flexibility index (Phi) is 2.29. The Labute approximate surface area is 80.7 Å². The predicted octanol–water partition coefficient (Wildman–Crippen LogP) is 1.92. The van der Waals surface area contributed by atoms with Gasteiger partial charge in [-0.3, -0.25) is 0 Å². The molecule has 0 radical (unpaired) electrons. The molecule has 0 aromatic carbocycles. The first-order valence-electron chi connectivity index (χ1n) is 5.50. The summed E-state index contributed by atoms with van der Waals surface area (Å²) in [5.74, 6) is 0.346. The van der Waals surface area contributed by atoms with Gasteiger partial charge in [-0.25, -0.2) is 0 Å². The summed E-state index contributed by atoms with van der Waals surface area (Å²) in [5, 5.41) is 9.08. The molecule has 0 aromatic rings. The fraction of sp³-hybridized carbons (Fsp3) is 0.909. The summed E-state index contributed by atoms with van der Waals surface area (Å²) >= 11 is 0. The molecular weight excluding hydrogens is 160 g/mol. The van der Waals surface area contributed by atoms with E-state index in [-0.39, 0.29) is 0 Å². The number of piperidine rings is 2. The zero-order valence-corrected chi connectivity index (χ0v) is 8.50. The van der Waals surface area contributed by atoms with Gasteiger partial charge in [-0.15, -0.1) is 0 Å². The Morgan fingerprint density at radius 3 is 2.69 bits per heavy atom. The largest absolute Gasteiger partial charge is 0.323 e. The lowest BCUT2D eigenvalue weighted by Crippen LogP contribution is -2.60. The Morgan fingerprint density at radius 1 is 1.15 bits per heavy atom. The average molecular weight is 179 g/mol. The van der Waals surface area contributed by atoms with Gasteiger partial charge in [0.1, 0.15) is 6.04 Å². The van der Waals surface area contributed by atoms with Gasteiger partial charge >= 0.3 is 0 Å². The first-order valence-corrected chi connectivity index (χ1v) is 5.50. The number of hydrogen-bond acceptors (Lipinski definition) is 1. The van der Waals surface area contributed by atoms with Crippen molar-refractivity contribution in [2.24, 2.45) is 5.92 Å². The summed E-state index contributed by atoms with van der Waals surface area (Å²) in [6.45, 7) is 2.62. The second-order valence-corrected chi connectivity index (χ2v) is 4.87. The quantitative estimate of drug-likeness (QED) is 0.521. The summed E-state index contributed by atoms with van der Waals surface area (Å²) < 4.78 is 1.19. The minimum Gasteiger partial charge on any atom is -0.323 e. The zero-order chi connectivity index (χ0) is 9.31. The van der Waals surface area contributed by atoms with Crippen LogP contribution in [0.15, 0.2) is 0 Å². The minimum atomic E-state index is 0.346. The van der Waals surface area contributed by atoms with Crippen molar-refractivity contribution >= 4 is 0 Å². The van der Waals surface area contributed by atoms with Crippen LogP contribution in [0.25, 0.3) is 0 Å². The lowest BCUT2D eigenvalue weighted by atomic mass is 9.82. The van der Waals surface area contributed by atoms with Crippen LogP contribution in [0.5, 0.6) is 0 Å². The van der Waals surface area contributed by atoms with E-state index in [0.29, 0.717) is 12.0 Å². The van der Waals surface area contributed by atoms with Crippen LogP contribution >= 0.6 is 0 Å². The molecule has 0 spiro atoms. The van der Waals surface area contributed by atoms with Crippen LogP contribution in [0.1, 0.15) is 32.1 Å². The molecule has 2 heterocycles. The van der Waals surface area contributed by atoms with Crippen molar-refractivity contribution in [2.45, 2.75) is 38.1 Å². The van der Waals surface area contributed by atoms with E-state index < -0.39 is 0 Å². The van der Waals surface area contributed by atoms with Crippen molar-refractivity contribution in [3.8, 4) is 6.07 Å². The molecule has 72 valence electrons. The van der Waals surface area contributed by atoms with Crippen molar-refractivity contribution < 1.29 is 4.48 Å². The van der Waals surface area contributed by atoms with Gasteiger partial charge in [0.2, 0.25) is 0 Å². The fourth-order valence-electron chi connectivity index (χ4n) is 3.23. The second kappa shape index (κ2) is 3.31. The lowest BCUT2D eigenvalue weighted by Gasteiger charge is -2.49. The molecule has 3 atom stereocenters. The highest BCUT2D eigenvalue weighted by Crippen LogP contribution is 2.35. The van der Waals surface area contributed by atoms with Crippen LogP contribution < -0.4 is 0 Å². The van der Waals surface area contributed by atoms with Gasteiger partial charge < -0.3 is 4.48 Å². The van der Waals surface area contributed by atoms with Crippen LogP contribution in [0.2, 0.25) is 0 Å². The van der Waals surface area contributed by atoms with Crippen molar-refractivity contribution in [1.82, 2.24) is 0 Å². The zero-order valence-electron chi connectivity index (χ0n) is 8.50. The normalized spacial score (nSPS) is 44.9. The third-order valence-corrected chi connectivity index (χ3v) is 4.03. The van der Waals surface area contributed by atoms with Gasteiger partial charge in [0.05, 0.1) is 32.1 Å². The summed E-state index contributed by atoms with van der Waals surface area (Å²) in [7, 11) is 2.35. The number of quaternary nitrogens is 1.